The molecule has 0 aromatic carbocycles. The van der Waals surface area contributed by atoms with E-state index >= 15 is 0 Å². The maximum absolute atomic E-state index is 12.8. The van der Waals surface area contributed by atoms with Crippen LogP contribution in [-0.2, 0) is 16.6 Å². The van der Waals surface area contributed by atoms with E-state index in [0.29, 0.717) is 19.6 Å². The molecule has 1 aliphatic heterocycles. The summed E-state index contributed by atoms with van der Waals surface area (Å²) >= 11 is 0. The van der Waals surface area contributed by atoms with Gasteiger partial charge in [0.15, 0.2) is 5.03 Å². The quantitative estimate of drug-likeness (QED) is 0.809. The first-order valence-corrected chi connectivity index (χ1v) is 8.69. The maximum atomic E-state index is 12.8. The molecular formula is C14H24N4O2S. The van der Waals surface area contributed by atoms with E-state index in [4.69, 9.17) is 0 Å². The second kappa shape index (κ2) is 6.29. The highest BCUT2D eigenvalue weighted by molar-refractivity contribution is 7.89. The van der Waals surface area contributed by atoms with Gasteiger partial charge in [0.1, 0.15) is 0 Å². The molecule has 0 amide bonds. The van der Waals surface area contributed by atoms with Crippen molar-refractivity contribution in [2.24, 2.45) is 0 Å². The van der Waals surface area contributed by atoms with Gasteiger partial charge in [0.2, 0.25) is 0 Å². The van der Waals surface area contributed by atoms with Gasteiger partial charge in [-0.3, -0.25) is 5.10 Å². The molecule has 1 aliphatic rings. The standard InChI is InChI=1S/C14H24N4O2S/c1-10(2)15-9-13-12(4)16-17-14(13)21(19,20)18-7-5-11(3)6-8-18/h5,10,15H,6-9H2,1-4H3,(H,16,17). The largest absolute Gasteiger partial charge is 0.310 e. The van der Waals surface area contributed by atoms with Crippen LogP contribution in [0.15, 0.2) is 16.7 Å². The van der Waals surface area contributed by atoms with E-state index in [1.807, 2.05) is 33.8 Å². The number of aromatic amines is 1. The highest BCUT2D eigenvalue weighted by Crippen LogP contribution is 2.23. The van der Waals surface area contributed by atoms with E-state index in [2.05, 4.69) is 15.5 Å². The SMILES string of the molecule is CC1=CCN(S(=O)(=O)c2n[nH]c(C)c2CNC(C)C)CC1. The number of nitrogens with one attached hydrogen (secondary N) is 2. The van der Waals surface area contributed by atoms with Crippen molar-refractivity contribution in [3.63, 3.8) is 0 Å². The minimum absolute atomic E-state index is 0.154. The van der Waals surface area contributed by atoms with Crippen LogP contribution in [0.2, 0.25) is 0 Å². The van der Waals surface area contributed by atoms with Gasteiger partial charge in [0.05, 0.1) is 0 Å². The zero-order chi connectivity index (χ0) is 15.6. The molecule has 0 saturated heterocycles. The molecule has 2 N–H and O–H groups in total. The van der Waals surface area contributed by atoms with Gasteiger partial charge in [0, 0.05) is 36.9 Å². The Balaban J connectivity index is 2.28. The zero-order valence-corrected chi connectivity index (χ0v) is 13.9. The van der Waals surface area contributed by atoms with Crippen molar-refractivity contribution in [2.45, 2.75) is 51.7 Å². The third kappa shape index (κ3) is 3.53. The second-order valence-electron chi connectivity index (χ2n) is 5.83. The van der Waals surface area contributed by atoms with Gasteiger partial charge < -0.3 is 5.32 Å². The smallest absolute Gasteiger partial charge is 0.263 e. The molecule has 0 spiro atoms. The number of hydrogen-bond acceptors (Lipinski definition) is 4. The van der Waals surface area contributed by atoms with Crippen LogP contribution in [-0.4, -0.2) is 42.1 Å². The summed E-state index contributed by atoms with van der Waals surface area (Å²) in [7, 11) is -3.54. The molecule has 0 aliphatic carbocycles. The Morgan fingerprint density at radius 2 is 2.14 bits per heavy atom. The molecule has 0 fully saturated rings. The molecule has 118 valence electrons. The van der Waals surface area contributed by atoms with E-state index in [1.165, 1.54) is 9.88 Å². The lowest BCUT2D eigenvalue weighted by molar-refractivity contribution is 0.428. The first-order valence-electron chi connectivity index (χ1n) is 7.25. The molecule has 7 heteroatoms. The van der Waals surface area contributed by atoms with E-state index in [1.54, 1.807) is 0 Å². The van der Waals surface area contributed by atoms with Crippen molar-refractivity contribution in [1.29, 1.82) is 0 Å². The first-order chi connectivity index (χ1) is 9.82. The molecule has 0 atom stereocenters. The predicted octanol–water partition coefficient (Wildman–Crippen LogP) is 1.56. The second-order valence-corrected chi connectivity index (χ2v) is 7.68. The van der Waals surface area contributed by atoms with Crippen molar-refractivity contribution < 1.29 is 8.42 Å². The van der Waals surface area contributed by atoms with Crippen LogP contribution in [0.1, 0.15) is 38.4 Å². The summed E-state index contributed by atoms with van der Waals surface area (Å²) < 4.78 is 27.0. The summed E-state index contributed by atoms with van der Waals surface area (Å²) in [6, 6.07) is 0.287. The number of H-pyrrole nitrogens is 1. The van der Waals surface area contributed by atoms with Crippen LogP contribution in [0.25, 0.3) is 0 Å². The predicted molar refractivity (Wildman–Crippen MR) is 82.4 cm³/mol. The normalized spacial score (nSPS) is 17.3. The number of aromatic nitrogens is 2. The van der Waals surface area contributed by atoms with Gasteiger partial charge >= 0.3 is 0 Å². The topological polar surface area (TPSA) is 78.1 Å². The van der Waals surface area contributed by atoms with Crippen molar-refractivity contribution >= 4 is 10.0 Å². The third-order valence-electron chi connectivity index (χ3n) is 3.71. The molecule has 0 bridgehead atoms. The molecule has 6 nitrogen and oxygen atoms in total. The fourth-order valence-corrected chi connectivity index (χ4v) is 3.80. The van der Waals surface area contributed by atoms with Gasteiger partial charge in [-0.1, -0.05) is 25.5 Å². The average Bonchev–Trinajstić information content (AvgIpc) is 2.78. The Hall–Kier alpha value is -1.18. The lowest BCUT2D eigenvalue weighted by Crippen LogP contribution is -2.35. The Kier molecular flexibility index (Phi) is 4.85. The minimum atomic E-state index is -3.54. The fraction of sp³-hybridized carbons (Fsp3) is 0.643. The van der Waals surface area contributed by atoms with E-state index in [0.717, 1.165) is 17.7 Å². The van der Waals surface area contributed by atoms with Gasteiger partial charge in [-0.15, -0.1) is 0 Å². The van der Waals surface area contributed by atoms with Crippen LogP contribution in [0.5, 0.6) is 0 Å². The monoisotopic (exact) mass is 312 g/mol. The number of nitrogens with zero attached hydrogens (tertiary/aromatic N) is 2. The van der Waals surface area contributed by atoms with E-state index < -0.39 is 10.0 Å². The molecule has 1 aromatic heterocycles. The van der Waals surface area contributed by atoms with Gasteiger partial charge in [-0.25, -0.2) is 8.42 Å². The molecule has 1 aromatic rings. The lowest BCUT2D eigenvalue weighted by Gasteiger charge is -2.24. The minimum Gasteiger partial charge on any atom is -0.310 e. The number of rotatable bonds is 5. The molecule has 21 heavy (non-hydrogen) atoms. The van der Waals surface area contributed by atoms with E-state index in [9.17, 15) is 8.42 Å². The molecule has 0 radical (unpaired) electrons. The lowest BCUT2D eigenvalue weighted by atomic mass is 10.1. The van der Waals surface area contributed by atoms with Crippen LogP contribution < -0.4 is 5.32 Å². The van der Waals surface area contributed by atoms with Crippen LogP contribution in [0.3, 0.4) is 0 Å². The molecular weight excluding hydrogens is 288 g/mol. The number of sulfonamides is 1. The Morgan fingerprint density at radius 1 is 1.43 bits per heavy atom. The summed E-state index contributed by atoms with van der Waals surface area (Å²) in [5.41, 5.74) is 2.77. The van der Waals surface area contributed by atoms with Crippen molar-refractivity contribution in [3.8, 4) is 0 Å². The summed E-state index contributed by atoms with van der Waals surface area (Å²) in [4.78, 5) is 0. The van der Waals surface area contributed by atoms with Gasteiger partial charge in [-0.2, -0.15) is 9.40 Å². The first kappa shape index (κ1) is 16.2. The number of aryl methyl sites for hydroxylation is 1. The fourth-order valence-electron chi connectivity index (χ4n) is 2.25. The van der Waals surface area contributed by atoms with Crippen LogP contribution in [0.4, 0.5) is 0 Å². The van der Waals surface area contributed by atoms with Crippen molar-refractivity contribution in [2.75, 3.05) is 13.1 Å². The number of hydrogen-bond donors (Lipinski definition) is 2. The van der Waals surface area contributed by atoms with Crippen LogP contribution >= 0.6 is 0 Å². The maximum Gasteiger partial charge on any atom is 0.263 e. The highest BCUT2D eigenvalue weighted by Gasteiger charge is 2.31. The van der Waals surface area contributed by atoms with Gasteiger partial charge in [-0.05, 0) is 20.3 Å². The summed E-state index contributed by atoms with van der Waals surface area (Å²) in [5, 5.41) is 10.3. The molecule has 2 rings (SSSR count). The molecule has 2 heterocycles. The summed E-state index contributed by atoms with van der Waals surface area (Å²) in [6.45, 7) is 9.38. The summed E-state index contributed by atoms with van der Waals surface area (Å²) in [5.74, 6) is 0. The van der Waals surface area contributed by atoms with Crippen molar-refractivity contribution in [3.05, 3.63) is 22.9 Å². The summed E-state index contributed by atoms with van der Waals surface area (Å²) in [6.07, 6.45) is 2.74. The zero-order valence-electron chi connectivity index (χ0n) is 13.1. The molecule has 0 saturated carbocycles. The third-order valence-corrected chi connectivity index (χ3v) is 5.54. The Morgan fingerprint density at radius 3 is 2.71 bits per heavy atom. The Labute approximate surface area is 126 Å². The Bertz CT molecular complexity index is 631. The van der Waals surface area contributed by atoms with E-state index in [-0.39, 0.29) is 11.1 Å². The van der Waals surface area contributed by atoms with Gasteiger partial charge in [0.25, 0.3) is 10.0 Å². The highest BCUT2D eigenvalue weighted by atomic mass is 32.2. The molecule has 0 unspecified atom stereocenters. The van der Waals surface area contributed by atoms with Crippen LogP contribution in [0, 0.1) is 6.92 Å². The average molecular weight is 312 g/mol. The van der Waals surface area contributed by atoms with Crippen molar-refractivity contribution in [1.82, 2.24) is 19.8 Å².